The van der Waals surface area contributed by atoms with Gasteiger partial charge in [0.15, 0.2) is 5.75 Å². The summed E-state index contributed by atoms with van der Waals surface area (Å²) in [5.74, 6) is -1.22. The van der Waals surface area contributed by atoms with Crippen LogP contribution in [0.1, 0.15) is 26.4 Å². The van der Waals surface area contributed by atoms with Gasteiger partial charge in [0.2, 0.25) is 0 Å². The number of methoxy groups -OCH3 is 1. The highest BCUT2D eigenvalue weighted by Crippen LogP contribution is 2.35. The number of amides is 1. The largest absolute Gasteiger partial charge is 0.496 e. The van der Waals surface area contributed by atoms with Gasteiger partial charge in [0.1, 0.15) is 22.8 Å². The molecule has 11 heteroatoms. The molecule has 1 heterocycles. The first-order valence-electron chi connectivity index (χ1n) is 12.0. The molecule has 0 bridgehead atoms. The van der Waals surface area contributed by atoms with E-state index in [-0.39, 0.29) is 17.0 Å². The fraction of sp³-hybridized carbons (Fsp3) is 0.0333. The first kappa shape index (κ1) is 28.5. The molecule has 0 saturated heterocycles. The number of halogens is 4. The SMILES string of the molecule is COc1ccc(Cl)cc1C(=O)Oc1c(Br)cc(Br)cc1C=NNC(=O)c1[nH]c2ccc(F)cc2c1-c1ccccc1. The van der Waals surface area contributed by atoms with Gasteiger partial charge < -0.3 is 14.5 Å². The molecule has 5 rings (SSSR count). The molecule has 0 fully saturated rings. The first-order valence-corrected chi connectivity index (χ1v) is 14.0. The average molecular weight is 700 g/mol. The van der Waals surface area contributed by atoms with E-state index in [9.17, 15) is 14.0 Å². The molecule has 0 spiro atoms. The van der Waals surface area contributed by atoms with Crippen LogP contribution in [-0.2, 0) is 0 Å². The quantitative estimate of drug-likeness (QED) is 0.0777. The number of hydrogen-bond donors (Lipinski definition) is 2. The molecule has 7 nitrogen and oxygen atoms in total. The van der Waals surface area contributed by atoms with E-state index >= 15 is 0 Å². The van der Waals surface area contributed by atoms with Gasteiger partial charge in [-0.05, 0) is 70.0 Å². The van der Waals surface area contributed by atoms with E-state index in [0.717, 1.165) is 5.56 Å². The molecule has 1 aromatic heterocycles. The van der Waals surface area contributed by atoms with E-state index < -0.39 is 17.7 Å². The highest BCUT2D eigenvalue weighted by atomic mass is 79.9. The normalized spacial score (nSPS) is 11.1. The summed E-state index contributed by atoms with van der Waals surface area (Å²) in [5.41, 5.74) is 5.11. The maximum Gasteiger partial charge on any atom is 0.347 e. The van der Waals surface area contributed by atoms with E-state index in [1.54, 1.807) is 30.3 Å². The van der Waals surface area contributed by atoms with Gasteiger partial charge in [-0.15, -0.1) is 0 Å². The van der Waals surface area contributed by atoms with Gasteiger partial charge in [-0.25, -0.2) is 14.6 Å². The van der Waals surface area contributed by atoms with Crippen molar-refractivity contribution in [3.05, 3.63) is 115 Å². The molecule has 0 radical (unpaired) electrons. The van der Waals surface area contributed by atoms with Gasteiger partial charge in [-0.1, -0.05) is 57.9 Å². The summed E-state index contributed by atoms with van der Waals surface area (Å²) >= 11 is 12.9. The molecule has 0 aliphatic carbocycles. The Labute approximate surface area is 255 Å². The molecule has 0 saturated carbocycles. The summed E-state index contributed by atoms with van der Waals surface area (Å²) in [5, 5.41) is 5.02. The van der Waals surface area contributed by atoms with Crippen molar-refractivity contribution in [3.8, 4) is 22.6 Å². The van der Waals surface area contributed by atoms with Gasteiger partial charge in [0.25, 0.3) is 5.91 Å². The van der Waals surface area contributed by atoms with Crippen LogP contribution >= 0.6 is 43.5 Å². The van der Waals surface area contributed by atoms with E-state index in [2.05, 4.69) is 47.4 Å². The van der Waals surface area contributed by atoms with Gasteiger partial charge in [-0.3, -0.25) is 4.79 Å². The molecule has 206 valence electrons. The Balaban J connectivity index is 1.45. The maximum absolute atomic E-state index is 14.1. The number of nitrogens with zero attached hydrogens (tertiary/aromatic N) is 1. The van der Waals surface area contributed by atoms with Crippen LogP contribution in [0.4, 0.5) is 4.39 Å². The van der Waals surface area contributed by atoms with Crippen LogP contribution in [0.2, 0.25) is 5.02 Å². The predicted molar refractivity (Wildman–Crippen MR) is 164 cm³/mol. The minimum atomic E-state index is -0.705. The summed E-state index contributed by atoms with van der Waals surface area (Å²) in [6, 6.07) is 21.4. The first-order chi connectivity index (χ1) is 19.7. The number of H-pyrrole nitrogens is 1. The Hall–Kier alpha value is -3.99. The number of aromatic nitrogens is 1. The van der Waals surface area contributed by atoms with Crippen LogP contribution in [0.15, 0.2) is 92.9 Å². The third-order valence-electron chi connectivity index (χ3n) is 6.03. The molecule has 1 amide bonds. The number of fused-ring (bicyclic) bond motifs is 1. The third kappa shape index (κ3) is 6.19. The minimum absolute atomic E-state index is 0.134. The molecule has 0 atom stereocenters. The lowest BCUT2D eigenvalue weighted by Gasteiger charge is -2.12. The minimum Gasteiger partial charge on any atom is -0.496 e. The number of hydrogen-bond acceptors (Lipinski definition) is 5. The van der Waals surface area contributed by atoms with Crippen molar-refractivity contribution in [2.24, 2.45) is 5.10 Å². The van der Waals surface area contributed by atoms with Crippen LogP contribution in [0.3, 0.4) is 0 Å². The fourth-order valence-corrected chi connectivity index (χ4v) is 5.74. The zero-order valence-corrected chi connectivity index (χ0v) is 25.1. The zero-order chi connectivity index (χ0) is 29.1. The molecule has 4 aromatic carbocycles. The smallest absolute Gasteiger partial charge is 0.347 e. The van der Waals surface area contributed by atoms with Crippen LogP contribution in [0, 0.1) is 5.82 Å². The van der Waals surface area contributed by atoms with Crippen molar-refractivity contribution >= 4 is 72.5 Å². The molecule has 0 aliphatic rings. The lowest BCUT2D eigenvalue weighted by atomic mass is 10.0. The third-order valence-corrected chi connectivity index (χ3v) is 7.32. The van der Waals surface area contributed by atoms with E-state index in [1.165, 1.54) is 31.5 Å². The predicted octanol–water partition coefficient (Wildman–Crippen LogP) is 8.14. The van der Waals surface area contributed by atoms with Gasteiger partial charge in [0, 0.05) is 31.5 Å². The molecule has 5 aromatic rings. The zero-order valence-electron chi connectivity index (χ0n) is 21.2. The van der Waals surface area contributed by atoms with Crippen LogP contribution in [-0.4, -0.2) is 30.2 Å². The lowest BCUT2D eigenvalue weighted by molar-refractivity contribution is 0.0729. The van der Waals surface area contributed by atoms with Crippen molar-refractivity contribution in [1.82, 2.24) is 10.4 Å². The summed E-state index contributed by atoms with van der Waals surface area (Å²) in [6.07, 6.45) is 1.34. The second-order valence-electron chi connectivity index (χ2n) is 8.67. The number of ether oxygens (including phenoxy) is 2. The molecule has 0 aliphatic heterocycles. The number of carbonyl (C=O) groups is 2. The number of esters is 1. The van der Waals surface area contributed by atoms with Gasteiger partial charge in [0.05, 0.1) is 17.8 Å². The summed E-state index contributed by atoms with van der Waals surface area (Å²) in [7, 11) is 1.43. The number of rotatable bonds is 7. The monoisotopic (exact) mass is 697 g/mol. The Kier molecular flexibility index (Phi) is 8.53. The highest BCUT2D eigenvalue weighted by molar-refractivity contribution is 9.11. The molecular weight excluding hydrogens is 681 g/mol. The Morgan fingerprint density at radius 3 is 2.56 bits per heavy atom. The summed E-state index contributed by atoms with van der Waals surface area (Å²) < 4.78 is 26.2. The van der Waals surface area contributed by atoms with Gasteiger partial charge in [-0.2, -0.15) is 5.10 Å². The number of hydrazone groups is 1. The van der Waals surface area contributed by atoms with Crippen LogP contribution in [0.25, 0.3) is 22.0 Å². The van der Waals surface area contributed by atoms with Crippen molar-refractivity contribution in [2.45, 2.75) is 0 Å². The standard InChI is InChI=1S/C30H19Br2ClFN3O4/c1-40-25-10-7-19(33)13-22(25)30(39)41-28-17(11-18(31)12-23(28)32)15-35-37-29(38)27-26(16-5-3-2-4-6-16)21-14-20(34)8-9-24(21)36-27/h2-15,36H,1H3,(H,37,38). The molecular formula is C30H19Br2ClFN3O4. The fourth-order valence-electron chi connectivity index (χ4n) is 4.23. The maximum atomic E-state index is 14.1. The Bertz CT molecular complexity index is 1830. The number of benzene rings is 4. The van der Waals surface area contributed by atoms with Gasteiger partial charge >= 0.3 is 5.97 Å². The van der Waals surface area contributed by atoms with Crippen LogP contribution < -0.4 is 14.9 Å². The summed E-state index contributed by atoms with van der Waals surface area (Å²) in [4.78, 5) is 29.4. The molecule has 2 N–H and O–H groups in total. The van der Waals surface area contributed by atoms with Crippen LogP contribution in [0.5, 0.6) is 11.5 Å². The van der Waals surface area contributed by atoms with Crippen molar-refractivity contribution in [1.29, 1.82) is 0 Å². The van der Waals surface area contributed by atoms with E-state index in [4.69, 9.17) is 21.1 Å². The van der Waals surface area contributed by atoms with E-state index in [0.29, 0.717) is 41.7 Å². The topological polar surface area (TPSA) is 92.8 Å². The number of carbonyl (C=O) groups excluding carboxylic acids is 2. The molecule has 41 heavy (non-hydrogen) atoms. The Morgan fingerprint density at radius 2 is 1.80 bits per heavy atom. The second kappa shape index (κ2) is 12.3. The average Bonchev–Trinajstić information content (AvgIpc) is 3.33. The molecule has 0 unspecified atom stereocenters. The summed E-state index contributed by atoms with van der Waals surface area (Å²) in [6.45, 7) is 0. The number of nitrogens with one attached hydrogen (secondary N) is 2. The van der Waals surface area contributed by atoms with Crippen molar-refractivity contribution < 1.29 is 23.5 Å². The Morgan fingerprint density at radius 1 is 1.02 bits per heavy atom. The number of aromatic amines is 1. The highest BCUT2D eigenvalue weighted by Gasteiger charge is 2.21. The second-order valence-corrected chi connectivity index (χ2v) is 10.9. The lowest BCUT2D eigenvalue weighted by Crippen LogP contribution is -2.19. The van der Waals surface area contributed by atoms with Crippen molar-refractivity contribution in [2.75, 3.05) is 7.11 Å². The van der Waals surface area contributed by atoms with E-state index in [1.807, 2.05) is 30.3 Å². The van der Waals surface area contributed by atoms with Crippen molar-refractivity contribution in [3.63, 3.8) is 0 Å².